The third-order valence-electron chi connectivity index (χ3n) is 5.70. The fourth-order valence-electron chi connectivity index (χ4n) is 3.95. The largest absolute Gasteiger partial charge is 0.310 e. The van der Waals surface area contributed by atoms with E-state index in [1.54, 1.807) is 23.8 Å². The molecule has 8 heteroatoms. The molecule has 0 unspecified atom stereocenters. The number of aromatic nitrogens is 3. The molecule has 1 aliphatic heterocycles. The van der Waals surface area contributed by atoms with Crippen LogP contribution in [0, 0.1) is 18.7 Å². The lowest BCUT2D eigenvalue weighted by molar-refractivity contribution is 0.191. The van der Waals surface area contributed by atoms with E-state index in [0.717, 1.165) is 44.2 Å². The van der Waals surface area contributed by atoms with E-state index in [2.05, 4.69) is 20.2 Å². The fraction of sp³-hybridized carbons (Fsp3) is 0.409. The minimum Gasteiger partial charge on any atom is -0.310 e. The second-order valence-electron chi connectivity index (χ2n) is 7.83. The Morgan fingerprint density at radius 3 is 2.67 bits per heavy atom. The second kappa shape index (κ2) is 8.97. The highest BCUT2D eigenvalue weighted by molar-refractivity contribution is 5.74. The lowest BCUT2D eigenvalue weighted by atomic mass is 10.0. The molecule has 1 saturated heterocycles. The maximum atomic E-state index is 13.6. The maximum absolute atomic E-state index is 13.6. The van der Waals surface area contributed by atoms with Crippen molar-refractivity contribution < 1.29 is 8.78 Å². The smallest absolute Gasteiger partial charge is 0.251 e. The molecule has 3 aromatic rings. The Balaban J connectivity index is 1.30. The molecule has 0 bridgehead atoms. The third-order valence-corrected chi connectivity index (χ3v) is 5.70. The van der Waals surface area contributed by atoms with Gasteiger partial charge < -0.3 is 14.8 Å². The van der Waals surface area contributed by atoms with Crippen LogP contribution in [0.5, 0.6) is 0 Å². The minimum atomic E-state index is -0.444. The van der Waals surface area contributed by atoms with Gasteiger partial charge in [-0.3, -0.25) is 9.78 Å². The van der Waals surface area contributed by atoms with Crippen molar-refractivity contribution in [3.8, 4) is 0 Å². The van der Waals surface area contributed by atoms with Crippen molar-refractivity contribution in [1.29, 1.82) is 0 Å². The number of nitrogens with one attached hydrogen (secondary N) is 1. The van der Waals surface area contributed by atoms with Gasteiger partial charge in [-0.25, -0.2) is 9.37 Å². The van der Waals surface area contributed by atoms with Crippen LogP contribution in [0.15, 0.2) is 41.5 Å². The molecule has 4 heterocycles. The first-order chi connectivity index (χ1) is 14.5. The average Bonchev–Trinajstić information content (AvgIpc) is 2.74. The molecule has 1 aliphatic rings. The standard InChI is InChI=1S/C22H25F2N5O/c1-15-10-16(13-27-22(15)24)12-25-18-4-6-28(7-5-18)8-9-29-20-11-17(23)14-26-19(20)2-3-21(29)30/h2-3,10-11,13-14,18,25H,4-9,12H2,1H3. The van der Waals surface area contributed by atoms with Gasteiger partial charge in [0, 0.05) is 49.6 Å². The Morgan fingerprint density at radius 1 is 1.10 bits per heavy atom. The molecule has 0 saturated carbocycles. The molecule has 1 fully saturated rings. The number of aryl methyl sites for hydroxylation is 1. The Bertz CT molecular complexity index is 1090. The predicted molar refractivity (Wildman–Crippen MR) is 111 cm³/mol. The van der Waals surface area contributed by atoms with E-state index in [1.165, 1.54) is 12.1 Å². The molecule has 3 aromatic heterocycles. The molecule has 0 radical (unpaired) electrons. The molecule has 0 amide bonds. The monoisotopic (exact) mass is 413 g/mol. The summed E-state index contributed by atoms with van der Waals surface area (Å²) in [7, 11) is 0. The van der Waals surface area contributed by atoms with Crippen molar-refractivity contribution in [3.63, 3.8) is 0 Å². The van der Waals surface area contributed by atoms with Crippen LogP contribution < -0.4 is 10.9 Å². The first-order valence-electron chi connectivity index (χ1n) is 10.2. The highest BCUT2D eigenvalue weighted by Crippen LogP contribution is 2.14. The maximum Gasteiger partial charge on any atom is 0.251 e. The summed E-state index contributed by atoms with van der Waals surface area (Å²) in [5, 5.41) is 3.52. The molecule has 30 heavy (non-hydrogen) atoms. The number of likely N-dealkylation sites (tertiary alicyclic amines) is 1. The molecule has 0 spiro atoms. The van der Waals surface area contributed by atoms with Crippen molar-refractivity contribution in [3.05, 3.63) is 69.9 Å². The van der Waals surface area contributed by atoms with Gasteiger partial charge in [0.1, 0.15) is 5.82 Å². The van der Waals surface area contributed by atoms with E-state index in [0.29, 0.717) is 35.7 Å². The van der Waals surface area contributed by atoms with Gasteiger partial charge in [-0.2, -0.15) is 4.39 Å². The zero-order chi connectivity index (χ0) is 21.1. The van der Waals surface area contributed by atoms with E-state index in [1.807, 2.05) is 6.07 Å². The Hall–Kier alpha value is -2.71. The topological polar surface area (TPSA) is 63.0 Å². The van der Waals surface area contributed by atoms with Crippen molar-refractivity contribution in [2.24, 2.45) is 0 Å². The van der Waals surface area contributed by atoms with Gasteiger partial charge in [0.05, 0.1) is 17.2 Å². The predicted octanol–water partition coefficient (Wildman–Crippen LogP) is 2.63. The summed E-state index contributed by atoms with van der Waals surface area (Å²) >= 11 is 0. The summed E-state index contributed by atoms with van der Waals surface area (Å²) in [6.45, 7) is 5.46. The SMILES string of the molecule is Cc1cc(CNC2CCN(CCn3c(=O)ccc4ncc(F)cc43)CC2)cnc1F. The summed E-state index contributed by atoms with van der Waals surface area (Å²) in [6, 6.07) is 6.69. The lowest BCUT2D eigenvalue weighted by Crippen LogP contribution is -2.43. The number of fused-ring (bicyclic) bond motifs is 1. The van der Waals surface area contributed by atoms with Crippen LogP contribution in [-0.2, 0) is 13.1 Å². The first kappa shape index (κ1) is 20.6. The molecule has 0 aromatic carbocycles. The van der Waals surface area contributed by atoms with Crippen LogP contribution in [0.2, 0.25) is 0 Å². The first-order valence-corrected chi connectivity index (χ1v) is 10.2. The molecular formula is C22H25F2N5O. The van der Waals surface area contributed by atoms with Crippen LogP contribution in [0.4, 0.5) is 8.78 Å². The molecule has 4 rings (SSSR count). The van der Waals surface area contributed by atoms with Gasteiger partial charge in [0.2, 0.25) is 5.95 Å². The fourth-order valence-corrected chi connectivity index (χ4v) is 3.95. The van der Waals surface area contributed by atoms with Gasteiger partial charge in [0.25, 0.3) is 5.56 Å². The number of pyridine rings is 3. The molecule has 158 valence electrons. The zero-order valence-corrected chi connectivity index (χ0v) is 16.9. The Morgan fingerprint density at radius 2 is 1.90 bits per heavy atom. The Labute approximate surface area is 173 Å². The average molecular weight is 413 g/mol. The van der Waals surface area contributed by atoms with Crippen LogP contribution in [-0.4, -0.2) is 45.1 Å². The molecule has 6 nitrogen and oxygen atoms in total. The zero-order valence-electron chi connectivity index (χ0n) is 16.9. The van der Waals surface area contributed by atoms with Gasteiger partial charge in [-0.15, -0.1) is 0 Å². The Kier molecular flexibility index (Phi) is 6.15. The van der Waals surface area contributed by atoms with E-state index in [9.17, 15) is 13.6 Å². The van der Waals surface area contributed by atoms with E-state index >= 15 is 0 Å². The van der Waals surface area contributed by atoms with Gasteiger partial charge in [-0.1, -0.05) is 0 Å². The van der Waals surface area contributed by atoms with Gasteiger partial charge >= 0.3 is 0 Å². The summed E-state index contributed by atoms with van der Waals surface area (Å²) in [4.78, 5) is 22.4. The summed E-state index contributed by atoms with van der Waals surface area (Å²) in [6.07, 6.45) is 4.73. The van der Waals surface area contributed by atoms with Crippen molar-refractivity contribution in [2.45, 2.75) is 38.9 Å². The van der Waals surface area contributed by atoms with Gasteiger partial charge in [-0.05, 0) is 50.6 Å². The van der Waals surface area contributed by atoms with Crippen molar-refractivity contribution >= 4 is 11.0 Å². The van der Waals surface area contributed by atoms with E-state index < -0.39 is 11.8 Å². The lowest BCUT2D eigenvalue weighted by Gasteiger charge is -2.32. The van der Waals surface area contributed by atoms with Crippen molar-refractivity contribution in [1.82, 2.24) is 24.8 Å². The number of piperidine rings is 1. The molecule has 0 aliphatic carbocycles. The number of halogens is 2. The number of hydrogen-bond acceptors (Lipinski definition) is 5. The highest BCUT2D eigenvalue weighted by atomic mass is 19.1. The summed E-state index contributed by atoms with van der Waals surface area (Å²) in [5.74, 6) is -0.865. The van der Waals surface area contributed by atoms with Crippen LogP contribution in [0.3, 0.4) is 0 Å². The van der Waals surface area contributed by atoms with Crippen LogP contribution in [0.25, 0.3) is 11.0 Å². The number of rotatable bonds is 6. The number of hydrogen-bond donors (Lipinski definition) is 1. The van der Waals surface area contributed by atoms with Crippen molar-refractivity contribution in [2.75, 3.05) is 19.6 Å². The summed E-state index contributed by atoms with van der Waals surface area (Å²) < 4.78 is 28.5. The minimum absolute atomic E-state index is 0.144. The third kappa shape index (κ3) is 4.71. The van der Waals surface area contributed by atoms with Crippen LogP contribution >= 0.6 is 0 Å². The quantitative estimate of drug-likeness (QED) is 0.630. The highest BCUT2D eigenvalue weighted by Gasteiger charge is 2.19. The van der Waals surface area contributed by atoms with Gasteiger partial charge in [0.15, 0.2) is 0 Å². The summed E-state index contributed by atoms with van der Waals surface area (Å²) in [5.41, 5.74) is 2.54. The molecular weight excluding hydrogens is 388 g/mol. The molecule has 1 N–H and O–H groups in total. The normalized spacial score (nSPS) is 15.7. The van der Waals surface area contributed by atoms with E-state index in [-0.39, 0.29) is 5.56 Å². The number of nitrogens with zero attached hydrogens (tertiary/aromatic N) is 4. The van der Waals surface area contributed by atoms with E-state index in [4.69, 9.17) is 0 Å². The second-order valence-corrected chi connectivity index (χ2v) is 7.83. The van der Waals surface area contributed by atoms with Crippen LogP contribution in [0.1, 0.15) is 24.0 Å². The molecule has 0 atom stereocenters.